The number of nitrogens with zero attached hydrogens (tertiary/aromatic N) is 5. The molecule has 140 valence electrons. The Morgan fingerprint density at radius 3 is 2.46 bits per heavy atom. The normalized spacial score (nSPS) is 15.0. The summed E-state index contributed by atoms with van der Waals surface area (Å²) in [7, 11) is 0. The monoisotopic (exact) mass is 371 g/mol. The van der Waals surface area contributed by atoms with Gasteiger partial charge in [-0.25, -0.2) is 9.97 Å². The summed E-state index contributed by atoms with van der Waals surface area (Å²) in [4.78, 5) is 9.08. The zero-order valence-corrected chi connectivity index (χ0v) is 15.4. The summed E-state index contributed by atoms with van der Waals surface area (Å²) in [6.07, 6.45) is 13.6. The van der Waals surface area contributed by atoms with Gasteiger partial charge in [-0.1, -0.05) is 18.2 Å². The molecule has 7 heteroatoms. The van der Waals surface area contributed by atoms with Crippen LogP contribution in [-0.4, -0.2) is 43.0 Å². The summed E-state index contributed by atoms with van der Waals surface area (Å²) in [5.74, 6) is 0.708. The summed E-state index contributed by atoms with van der Waals surface area (Å²) in [6, 6.07) is 8.79. The van der Waals surface area contributed by atoms with Crippen LogP contribution < -0.4 is 5.32 Å². The quantitative estimate of drug-likeness (QED) is 0.575. The molecule has 1 saturated heterocycles. The highest BCUT2D eigenvalue weighted by atomic mass is 15.3. The molecule has 0 amide bonds. The molecule has 2 N–H and O–H groups in total. The first-order valence-corrected chi connectivity index (χ1v) is 9.54. The Hall–Kier alpha value is -3.32. The molecule has 0 atom stereocenters. The third kappa shape index (κ3) is 3.32. The third-order valence-corrected chi connectivity index (χ3v) is 5.22. The van der Waals surface area contributed by atoms with Gasteiger partial charge in [-0.2, -0.15) is 10.2 Å². The molecule has 28 heavy (non-hydrogen) atoms. The number of nitrogens with one attached hydrogen (secondary N) is 2. The van der Waals surface area contributed by atoms with Gasteiger partial charge in [0, 0.05) is 47.0 Å². The smallest absolute Gasteiger partial charge is 0.159 e. The van der Waals surface area contributed by atoms with Crippen molar-refractivity contribution in [2.24, 2.45) is 0 Å². The van der Waals surface area contributed by atoms with Gasteiger partial charge in [-0.3, -0.25) is 9.78 Å². The van der Waals surface area contributed by atoms with Gasteiger partial charge in [0.25, 0.3) is 0 Å². The van der Waals surface area contributed by atoms with Gasteiger partial charge >= 0.3 is 0 Å². The van der Waals surface area contributed by atoms with Crippen molar-refractivity contribution in [2.75, 3.05) is 13.1 Å². The molecular weight excluding hydrogens is 350 g/mol. The van der Waals surface area contributed by atoms with Crippen molar-refractivity contribution in [3.63, 3.8) is 0 Å². The second-order valence-corrected chi connectivity index (χ2v) is 7.05. The first kappa shape index (κ1) is 16.8. The Balaban J connectivity index is 1.40. The highest BCUT2D eigenvalue weighted by Gasteiger charge is 2.16. The molecule has 3 aromatic heterocycles. The van der Waals surface area contributed by atoms with Crippen LogP contribution in [0.5, 0.6) is 0 Å². The lowest BCUT2D eigenvalue weighted by Crippen LogP contribution is -2.29. The maximum atomic E-state index is 4.61. The number of aromatic amines is 1. The number of hydrogen-bond acceptors (Lipinski definition) is 5. The molecule has 4 aromatic rings. The van der Waals surface area contributed by atoms with Crippen molar-refractivity contribution < 1.29 is 0 Å². The van der Waals surface area contributed by atoms with Gasteiger partial charge < -0.3 is 5.32 Å². The first-order chi connectivity index (χ1) is 13.9. The van der Waals surface area contributed by atoms with Crippen LogP contribution in [0.4, 0.5) is 0 Å². The zero-order valence-electron chi connectivity index (χ0n) is 15.4. The highest BCUT2D eigenvalue weighted by Crippen LogP contribution is 2.27. The molecular formula is C21H21N7. The summed E-state index contributed by atoms with van der Waals surface area (Å²) in [6.45, 7) is 2.11. The maximum Gasteiger partial charge on any atom is 0.159 e. The van der Waals surface area contributed by atoms with Crippen molar-refractivity contribution >= 4 is 0 Å². The summed E-state index contributed by atoms with van der Waals surface area (Å²) < 4.78 is 2.11. The van der Waals surface area contributed by atoms with Gasteiger partial charge in [-0.05, 0) is 37.6 Å². The Bertz CT molecular complexity index is 1040. The molecule has 5 rings (SSSR count). The van der Waals surface area contributed by atoms with Crippen LogP contribution in [0.1, 0.15) is 18.9 Å². The van der Waals surface area contributed by atoms with Crippen molar-refractivity contribution in [3.05, 3.63) is 61.4 Å². The number of aromatic nitrogens is 6. The standard InChI is InChI=1S/C21H21N7/c1-2-15(19-13-27-28(14-19)20-4-6-22-7-5-20)8-16(3-1)21-23-9-17(10-24-21)18-11-25-26-12-18/h1-3,8-14,20,22H,4-7H2,(H,25,26). The van der Waals surface area contributed by atoms with Crippen LogP contribution in [0, 0.1) is 0 Å². The van der Waals surface area contributed by atoms with E-state index in [0.717, 1.165) is 53.7 Å². The molecule has 0 saturated carbocycles. The van der Waals surface area contributed by atoms with E-state index in [-0.39, 0.29) is 0 Å². The minimum atomic E-state index is 0.483. The second kappa shape index (κ2) is 7.36. The van der Waals surface area contributed by atoms with E-state index in [1.807, 2.05) is 36.9 Å². The van der Waals surface area contributed by atoms with Crippen molar-refractivity contribution in [3.8, 4) is 33.6 Å². The molecule has 0 radical (unpaired) electrons. The van der Waals surface area contributed by atoms with E-state index in [9.17, 15) is 0 Å². The van der Waals surface area contributed by atoms with Crippen LogP contribution in [0.2, 0.25) is 0 Å². The predicted molar refractivity (Wildman–Crippen MR) is 107 cm³/mol. The lowest BCUT2D eigenvalue weighted by molar-refractivity contribution is 0.343. The SMILES string of the molecule is c1cc(-c2cnn(C3CCNCC3)c2)cc(-c2ncc(-c3cn[nH]c3)cn2)c1. The average Bonchev–Trinajstić information content (AvgIpc) is 3.47. The number of benzene rings is 1. The number of piperidine rings is 1. The third-order valence-electron chi connectivity index (χ3n) is 5.22. The predicted octanol–water partition coefficient (Wildman–Crippen LogP) is 3.32. The van der Waals surface area contributed by atoms with Crippen molar-refractivity contribution in [1.82, 2.24) is 35.3 Å². The van der Waals surface area contributed by atoms with Crippen LogP contribution in [0.15, 0.2) is 61.4 Å². The van der Waals surface area contributed by atoms with Crippen LogP contribution >= 0.6 is 0 Å². The van der Waals surface area contributed by atoms with Crippen molar-refractivity contribution in [1.29, 1.82) is 0 Å². The lowest BCUT2D eigenvalue weighted by Gasteiger charge is -2.22. The fourth-order valence-corrected chi connectivity index (χ4v) is 3.63. The fraction of sp³-hybridized carbons (Fsp3) is 0.238. The summed E-state index contributed by atoms with van der Waals surface area (Å²) >= 11 is 0. The minimum Gasteiger partial charge on any atom is -0.317 e. The Morgan fingerprint density at radius 1 is 0.857 bits per heavy atom. The molecule has 4 heterocycles. The molecule has 0 aliphatic carbocycles. The van der Waals surface area contributed by atoms with Crippen LogP contribution in [0.3, 0.4) is 0 Å². The van der Waals surface area contributed by atoms with Gasteiger partial charge in [0.15, 0.2) is 5.82 Å². The van der Waals surface area contributed by atoms with Gasteiger partial charge in [0.1, 0.15) is 0 Å². The van der Waals surface area contributed by atoms with E-state index in [0.29, 0.717) is 11.9 Å². The highest BCUT2D eigenvalue weighted by molar-refractivity contribution is 5.70. The van der Waals surface area contributed by atoms with Gasteiger partial charge in [-0.15, -0.1) is 0 Å². The van der Waals surface area contributed by atoms with E-state index in [1.54, 1.807) is 6.20 Å². The molecule has 1 aromatic carbocycles. The lowest BCUT2D eigenvalue weighted by atomic mass is 10.1. The summed E-state index contributed by atoms with van der Waals surface area (Å²) in [5, 5.41) is 14.8. The summed E-state index contributed by atoms with van der Waals surface area (Å²) in [5.41, 5.74) is 5.16. The minimum absolute atomic E-state index is 0.483. The molecule has 1 aliphatic rings. The van der Waals surface area contributed by atoms with Crippen LogP contribution in [-0.2, 0) is 0 Å². The fourth-order valence-electron chi connectivity index (χ4n) is 3.63. The Labute approximate surface area is 162 Å². The molecule has 1 fully saturated rings. The van der Waals surface area contributed by atoms with E-state index in [1.165, 1.54) is 0 Å². The van der Waals surface area contributed by atoms with E-state index in [2.05, 4.69) is 53.6 Å². The van der Waals surface area contributed by atoms with Gasteiger partial charge in [0.2, 0.25) is 0 Å². The Kier molecular flexibility index (Phi) is 4.42. The molecule has 0 spiro atoms. The molecule has 0 bridgehead atoms. The van der Waals surface area contributed by atoms with Crippen LogP contribution in [0.25, 0.3) is 33.6 Å². The van der Waals surface area contributed by atoms with E-state index in [4.69, 9.17) is 0 Å². The van der Waals surface area contributed by atoms with Gasteiger partial charge in [0.05, 0.1) is 18.4 Å². The number of H-pyrrole nitrogens is 1. The van der Waals surface area contributed by atoms with E-state index >= 15 is 0 Å². The molecule has 0 unspecified atom stereocenters. The topological polar surface area (TPSA) is 84.3 Å². The number of rotatable bonds is 4. The second-order valence-electron chi connectivity index (χ2n) is 7.05. The zero-order chi connectivity index (χ0) is 18.8. The first-order valence-electron chi connectivity index (χ1n) is 9.54. The van der Waals surface area contributed by atoms with E-state index < -0.39 is 0 Å². The molecule has 1 aliphatic heterocycles. The molecule has 7 nitrogen and oxygen atoms in total. The largest absolute Gasteiger partial charge is 0.317 e. The maximum absolute atomic E-state index is 4.61. The van der Waals surface area contributed by atoms with Crippen molar-refractivity contribution in [2.45, 2.75) is 18.9 Å². The Morgan fingerprint density at radius 2 is 1.68 bits per heavy atom. The number of hydrogen-bond donors (Lipinski definition) is 2. The average molecular weight is 371 g/mol.